The number of benzene rings is 1. The predicted molar refractivity (Wildman–Crippen MR) is 72.3 cm³/mol. The average molecular weight is 220 g/mol. The van der Waals surface area contributed by atoms with E-state index in [9.17, 15) is 0 Å². The largest absolute Gasteiger partial charge is 0.373 e. The van der Waals surface area contributed by atoms with E-state index in [2.05, 4.69) is 55.4 Å². The predicted octanol–water partition coefficient (Wildman–Crippen LogP) is 2.86. The molecule has 1 aromatic rings. The smallest absolute Gasteiger partial charge is 0.0364 e. The molecular weight excluding hydrogens is 196 g/mol. The molecule has 1 atom stereocenters. The van der Waals surface area contributed by atoms with E-state index in [1.54, 1.807) is 0 Å². The molecule has 0 spiro atoms. The van der Waals surface area contributed by atoms with Gasteiger partial charge in [-0.3, -0.25) is 0 Å². The van der Waals surface area contributed by atoms with E-state index < -0.39 is 0 Å². The third-order valence-corrected chi connectivity index (χ3v) is 3.21. The molecule has 0 bridgehead atoms. The number of rotatable bonds is 6. The van der Waals surface area contributed by atoms with Crippen LogP contribution in [-0.4, -0.2) is 27.2 Å². The number of hydrogen-bond acceptors (Lipinski definition) is 2. The standard InChI is InChI=1S/C14H24N2/c1-5-12(2)13-6-8-14(9-7-13)16(4)11-10-15-3/h6-9,12,15H,5,10-11H2,1-4H3. The molecule has 0 saturated carbocycles. The molecule has 90 valence electrons. The summed E-state index contributed by atoms with van der Waals surface area (Å²) in [4.78, 5) is 2.27. The van der Waals surface area contributed by atoms with Crippen LogP contribution in [0.2, 0.25) is 0 Å². The van der Waals surface area contributed by atoms with Crippen LogP contribution in [0.25, 0.3) is 0 Å². The van der Waals surface area contributed by atoms with Crippen molar-refractivity contribution in [2.75, 3.05) is 32.1 Å². The fourth-order valence-corrected chi connectivity index (χ4v) is 1.70. The Morgan fingerprint density at radius 1 is 1.25 bits per heavy atom. The second-order valence-corrected chi connectivity index (χ2v) is 4.43. The lowest BCUT2D eigenvalue weighted by molar-refractivity contribution is 0.732. The Labute approximate surface area is 99.7 Å². The highest BCUT2D eigenvalue weighted by Gasteiger charge is 2.04. The molecule has 0 saturated heterocycles. The molecule has 1 N–H and O–H groups in total. The molecule has 16 heavy (non-hydrogen) atoms. The fraction of sp³-hybridized carbons (Fsp3) is 0.571. The fourth-order valence-electron chi connectivity index (χ4n) is 1.70. The van der Waals surface area contributed by atoms with Crippen molar-refractivity contribution in [1.82, 2.24) is 5.32 Å². The normalized spacial score (nSPS) is 12.5. The van der Waals surface area contributed by atoms with Crippen molar-refractivity contribution in [3.63, 3.8) is 0 Å². The van der Waals surface area contributed by atoms with Gasteiger partial charge >= 0.3 is 0 Å². The maximum Gasteiger partial charge on any atom is 0.0364 e. The summed E-state index contributed by atoms with van der Waals surface area (Å²) >= 11 is 0. The van der Waals surface area contributed by atoms with Gasteiger partial charge in [0.05, 0.1) is 0 Å². The summed E-state index contributed by atoms with van der Waals surface area (Å²) in [5, 5.41) is 3.17. The maximum atomic E-state index is 3.17. The van der Waals surface area contributed by atoms with Crippen molar-refractivity contribution in [1.29, 1.82) is 0 Å². The maximum absolute atomic E-state index is 3.17. The van der Waals surface area contributed by atoms with Crippen LogP contribution < -0.4 is 10.2 Å². The molecule has 0 aromatic heterocycles. The zero-order valence-corrected chi connectivity index (χ0v) is 11.0. The van der Waals surface area contributed by atoms with Gasteiger partial charge in [-0.15, -0.1) is 0 Å². The van der Waals surface area contributed by atoms with Crippen LogP contribution in [-0.2, 0) is 0 Å². The molecule has 0 fully saturated rings. The van der Waals surface area contributed by atoms with Gasteiger partial charge in [0.2, 0.25) is 0 Å². The Morgan fingerprint density at radius 3 is 2.38 bits per heavy atom. The monoisotopic (exact) mass is 220 g/mol. The highest BCUT2D eigenvalue weighted by molar-refractivity contribution is 5.47. The van der Waals surface area contributed by atoms with E-state index in [1.165, 1.54) is 17.7 Å². The third-order valence-electron chi connectivity index (χ3n) is 3.21. The first-order valence-electron chi connectivity index (χ1n) is 6.14. The van der Waals surface area contributed by atoms with E-state index in [0.29, 0.717) is 5.92 Å². The van der Waals surface area contributed by atoms with Crippen molar-refractivity contribution in [2.45, 2.75) is 26.2 Å². The zero-order valence-electron chi connectivity index (χ0n) is 11.0. The summed E-state index contributed by atoms with van der Waals surface area (Å²) in [6.45, 7) is 6.57. The lowest BCUT2D eigenvalue weighted by atomic mass is 9.98. The Hall–Kier alpha value is -1.02. The first-order chi connectivity index (χ1) is 7.69. The highest BCUT2D eigenvalue weighted by Crippen LogP contribution is 2.21. The molecule has 0 aliphatic rings. The molecule has 1 aromatic carbocycles. The molecule has 0 amide bonds. The first-order valence-corrected chi connectivity index (χ1v) is 6.14. The van der Waals surface area contributed by atoms with Gasteiger partial charge in [0.25, 0.3) is 0 Å². The van der Waals surface area contributed by atoms with E-state index in [1.807, 2.05) is 7.05 Å². The SMILES string of the molecule is CCC(C)c1ccc(N(C)CCNC)cc1. The highest BCUT2D eigenvalue weighted by atomic mass is 15.1. The van der Waals surface area contributed by atoms with E-state index in [4.69, 9.17) is 0 Å². The van der Waals surface area contributed by atoms with Crippen molar-refractivity contribution >= 4 is 5.69 Å². The summed E-state index contributed by atoms with van der Waals surface area (Å²) in [6, 6.07) is 8.94. The number of hydrogen-bond donors (Lipinski definition) is 1. The van der Waals surface area contributed by atoms with Crippen molar-refractivity contribution < 1.29 is 0 Å². The quantitative estimate of drug-likeness (QED) is 0.793. The molecule has 1 unspecified atom stereocenters. The summed E-state index contributed by atoms with van der Waals surface area (Å²) < 4.78 is 0. The third kappa shape index (κ3) is 3.53. The van der Waals surface area contributed by atoms with Crippen LogP contribution in [0.5, 0.6) is 0 Å². The number of likely N-dealkylation sites (N-methyl/N-ethyl adjacent to an activating group) is 2. The van der Waals surface area contributed by atoms with Crippen molar-refractivity contribution in [3.8, 4) is 0 Å². The van der Waals surface area contributed by atoms with Gasteiger partial charge in [0, 0.05) is 25.8 Å². The molecule has 1 rings (SSSR count). The molecule has 0 aliphatic carbocycles. The summed E-state index contributed by atoms with van der Waals surface area (Å²) in [5.41, 5.74) is 2.73. The molecule has 0 radical (unpaired) electrons. The Bertz CT molecular complexity index is 292. The van der Waals surface area contributed by atoms with Gasteiger partial charge in [0.15, 0.2) is 0 Å². The topological polar surface area (TPSA) is 15.3 Å². The lowest BCUT2D eigenvalue weighted by Crippen LogP contribution is -2.26. The molecule has 2 nitrogen and oxygen atoms in total. The minimum atomic E-state index is 0.664. The van der Waals surface area contributed by atoms with Gasteiger partial charge in [-0.2, -0.15) is 0 Å². The van der Waals surface area contributed by atoms with E-state index in [0.717, 1.165) is 13.1 Å². The molecule has 0 heterocycles. The minimum Gasteiger partial charge on any atom is -0.373 e. The van der Waals surface area contributed by atoms with Gasteiger partial charge < -0.3 is 10.2 Å². The van der Waals surface area contributed by atoms with Crippen molar-refractivity contribution in [3.05, 3.63) is 29.8 Å². The van der Waals surface area contributed by atoms with Gasteiger partial charge in [0.1, 0.15) is 0 Å². The molecule has 0 aliphatic heterocycles. The van der Waals surface area contributed by atoms with Crippen LogP contribution in [0, 0.1) is 0 Å². The van der Waals surface area contributed by atoms with Crippen molar-refractivity contribution in [2.24, 2.45) is 0 Å². The number of nitrogens with zero attached hydrogens (tertiary/aromatic N) is 1. The van der Waals surface area contributed by atoms with Crippen LogP contribution in [0.1, 0.15) is 31.7 Å². The molecule has 2 heteroatoms. The first kappa shape index (κ1) is 13.0. The number of anilines is 1. The Kier molecular flexibility index (Phi) is 5.33. The molecular formula is C14H24N2. The lowest BCUT2D eigenvalue weighted by Gasteiger charge is -2.20. The van der Waals surface area contributed by atoms with Gasteiger partial charge in [-0.1, -0.05) is 26.0 Å². The number of nitrogens with one attached hydrogen (secondary N) is 1. The van der Waals surface area contributed by atoms with E-state index >= 15 is 0 Å². The second kappa shape index (κ2) is 6.54. The minimum absolute atomic E-state index is 0.664. The van der Waals surface area contributed by atoms with Crippen LogP contribution in [0.3, 0.4) is 0 Å². The van der Waals surface area contributed by atoms with E-state index in [-0.39, 0.29) is 0 Å². The Balaban J connectivity index is 2.63. The van der Waals surface area contributed by atoms with Crippen LogP contribution >= 0.6 is 0 Å². The summed E-state index contributed by atoms with van der Waals surface area (Å²) in [6.07, 6.45) is 1.20. The van der Waals surface area contributed by atoms with Crippen LogP contribution in [0.4, 0.5) is 5.69 Å². The van der Waals surface area contributed by atoms with Crippen LogP contribution in [0.15, 0.2) is 24.3 Å². The summed E-state index contributed by atoms with van der Waals surface area (Å²) in [7, 11) is 4.12. The summed E-state index contributed by atoms with van der Waals surface area (Å²) in [5.74, 6) is 0.664. The zero-order chi connectivity index (χ0) is 12.0. The van der Waals surface area contributed by atoms with Gasteiger partial charge in [-0.05, 0) is 37.1 Å². The average Bonchev–Trinajstić information content (AvgIpc) is 2.35. The van der Waals surface area contributed by atoms with Gasteiger partial charge in [-0.25, -0.2) is 0 Å². The Morgan fingerprint density at radius 2 is 1.88 bits per heavy atom. The second-order valence-electron chi connectivity index (χ2n) is 4.43.